The monoisotopic (exact) mass is 422 g/mol. The Balaban J connectivity index is 2.08. The van der Waals surface area contributed by atoms with Crippen LogP contribution in [0, 0.1) is 0 Å². The first kappa shape index (κ1) is 21.9. The van der Waals surface area contributed by atoms with Crippen LogP contribution in [-0.2, 0) is 18.6 Å². The summed E-state index contributed by atoms with van der Waals surface area (Å²) in [6.45, 7) is -0.964. The summed E-state index contributed by atoms with van der Waals surface area (Å²) in [5, 5.41) is 0. The number of rotatable bonds is 11. The lowest BCUT2D eigenvalue weighted by Gasteiger charge is -2.30. The van der Waals surface area contributed by atoms with E-state index in [1.807, 2.05) is 0 Å². The molecule has 0 saturated carbocycles. The molecule has 0 aliphatic carbocycles. The Morgan fingerprint density at radius 1 is 1.04 bits per heavy atom. The molecule has 0 saturated heterocycles. The van der Waals surface area contributed by atoms with Gasteiger partial charge in [-0.15, -0.1) is 0 Å². The molecular weight excluding hydrogens is 406 g/mol. The van der Waals surface area contributed by atoms with Crippen molar-refractivity contribution in [3.63, 3.8) is 0 Å². The Hall–Kier alpha value is -1.43. The predicted octanol–water partition coefficient (Wildman–Crippen LogP) is -3.48. The van der Waals surface area contributed by atoms with Crippen molar-refractivity contribution >= 4 is 26.4 Å². The van der Waals surface area contributed by atoms with Crippen LogP contribution in [0.3, 0.4) is 0 Å². The second kappa shape index (κ2) is 9.18. The van der Waals surface area contributed by atoms with E-state index in [0.717, 1.165) is 6.33 Å². The van der Waals surface area contributed by atoms with E-state index in [-0.39, 0.29) is 37.6 Å². The van der Waals surface area contributed by atoms with Gasteiger partial charge < -0.3 is 47.7 Å². The molecule has 152 valence electrons. The van der Waals surface area contributed by atoms with Crippen LogP contribution >= 0.6 is 15.2 Å². The predicted molar refractivity (Wildman–Crippen MR) is 83.8 cm³/mol. The van der Waals surface area contributed by atoms with Gasteiger partial charge in [-0.1, -0.05) is 15.2 Å². The molecule has 0 spiro atoms. The first-order valence-corrected chi connectivity index (χ1v) is 11.1. The molecule has 27 heavy (non-hydrogen) atoms. The highest BCUT2D eigenvalue weighted by molar-refractivity contribution is 7.49. The van der Waals surface area contributed by atoms with Crippen LogP contribution in [0.2, 0.25) is 0 Å². The fraction of sp³-hybridized carbons (Fsp3) is 0.583. The first-order chi connectivity index (χ1) is 12.6. The van der Waals surface area contributed by atoms with Crippen LogP contribution in [0.5, 0.6) is 0 Å². The van der Waals surface area contributed by atoms with Crippen LogP contribution in [-0.4, -0.2) is 58.3 Å². The van der Waals surface area contributed by atoms with E-state index in [9.17, 15) is 33.5 Å². The number of imidazole rings is 1. The summed E-state index contributed by atoms with van der Waals surface area (Å²) >= 11 is 0. The molecule has 0 unspecified atom stereocenters. The molecule has 0 amide bonds. The van der Waals surface area contributed by atoms with Crippen molar-refractivity contribution in [2.24, 2.45) is 0 Å². The number of fused-ring (bicyclic) bond motifs is 1. The Labute approximate surface area is 152 Å². The molecule has 0 aliphatic rings. The van der Waals surface area contributed by atoms with E-state index in [1.54, 1.807) is 0 Å². The topological polar surface area (TPSA) is 208 Å². The molecule has 2 rings (SSSR count). The number of ether oxygens (including phenoxy) is 2. The lowest BCUT2D eigenvalue weighted by Crippen LogP contribution is -2.25. The summed E-state index contributed by atoms with van der Waals surface area (Å²) in [6, 6.07) is -0.667. The maximum Gasteiger partial charge on any atom is 0.278 e. The highest BCUT2D eigenvalue weighted by atomic mass is 31.2. The number of aromatic nitrogens is 4. The summed E-state index contributed by atoms with van der Waals surface area (Å²) in [6.07, 6.45) is 1.07. The van der Waals surface area contributed by atoms with Crippen molar-refractivity contribution in [2.75, 3.05) is 38.8 Å². The molecule has 0 bridgehead atoms. The van der Waals surface area contributed by atoms with Gasteiger partial charge >= 0.3 is 0 Å². The lowest BCUT2D eigenvalue weighted by molar-refractivity contribution is -0.315. The summed E-state index contributed by atoms with van der Waals surface area (Å²) in [7, 11) is -9.42. The van der Waals surface area contributed by atoms with Crippen molar-refractivity contribution < 1.29 is 38.2 Å². The number of H-pyrrole nitrogens is 1. The summed E-state index contributed by atoms with van der Waals surface area (Å²) < 4.78 is 33.1. The molecule has 13 nitrogen and oxygen atoms in total. The van der Waals surface area contributed by atoms with E-state index in [2.05, 4.69) is 15.0 Å². The third-order valence-corrected chi connectivity index (χ3v) is 4.86. The molecular formula is C12H16N4O9P2-4. The van der Waals surface area contributed by atoms with Crippen LogP contribution in [0.15, 0.2) is 17.4 Å². The Kier molecular flexibility index (Phi) is 7.43. The fourth-order valence-corrected chi connectivity index (χ4v) is 2.84. The molecule has 15 heteroatoms. The van der Waals surface area contributed by atoms with Crippen molar-refractivity contribution in [2.45, 2.75) is 6.04 Å². The molecule has 2 aromatic rings. The third-order valence-electron chi connectivity index (χ3n) is 3.40. The summed E-state index contributed by atoms with van der Waals surface area (Å²) in [5.41, 5.74) is -0.223. The van der Waals surface area contributed by atoms with Gasteiger partial charge in [0.25, 0.3) is 5.56 Å². The average molecular weight is 422 g/mol. The van der Waals surface area contributed by atoms with Crippen LogP contribution < -0.4 is 25.1 Å². The zero-order valence-corrected chi connectivity index (χ0v) is 15.7. The molecule has 0 fully saturated rings. The van der Waals surface area contributed by atoms with Crippen LogP contribution in [0.25, 0.3) is 11.2 Å². The van der Waals surface area contributed by atoms with Gasteiger partial charge in [0.15, 0.2) is 11.2 Å². The molecule has 0 atom stereocenters. The number of hydrogen-bond acceptors (Lipinski definition) is 11. The van der Waals surface area contributed by atoms with Crippen molar-refractivity contribution in [1.29, 1.82) is 0 Å². The van der Waals surface area contributed by atoms with E-state index < -0.39 is 39.1 Å². The molecule has 2 aromatic heterocycles. The molecule has 0 radical (unpaired) electrons. The SMILES string of the molecule is O=c1[nH]cnc2c1ncn2C(COCCP(=O)([O-])[O-])COCCP(=O)([O-])[O-]. The van der Waals surface area contributed by atoms with E-state index in [4.69, 9.17) is 9.47 Å². The zero-order chi connectivity index (χ0) is 20.1. The highest BCUT2D eigenvalue weighted by Crippen LogP contribution is 2.23. The standard InChI is InChI=1S/C12H20N4O9P2/c17-12-10-11(13-7-14-12)16(8-15-10)9(5-24-1-3-26(18,19)20)6-25-2-4-27(21,22)23/h7-9H,1-6H2,(H,13,14,17)(H2,18,19,20)(H2,21,22,23)/p-4. The quantitative estimate of drug-likeness (QED) is 0.278. The number of aromatic amines is 1. The van der Waals surface area contributed by atoms with Crippen LogP contribution in [0.1, 0.15) is 6.04 Å². The van der Waals surface area contributed by atoms with Gasteiger partial charge in [0, 0.05) is 0 Å². The average Bonchev–Trinajstić information content (AvgIpc) is 2.97. The van der Waals surface area contributed by atoms with Gasteiger partial charge in [-0.25, -0.2) is 9.97 Å². The van der Waals surface area contributed by atoms with Crippen molar-refractivity contribution in [3.8, 4) is 0 Å². The largest absolute Gasteiger partial charge is 0.811 e. The zero-order valence-electron chi connectivity index (χ0n) is 13.9. The van der Waals surface area contributed by atoms with Gasteiger partial charge in [0.05, 0.1) is 45.1 Å². The first-order valence-electron chi connectivity index (χ1n) is 7.65. The minimum absolute atomic E-state index is 0.0507. The van der Waals surface area contributed by atoms with Gasteiger partial charge in [0.2, 0.25) is 0 Å². The van der Waals surface area contributed by atoms with Gasteiger partial charge in [-0.3, -0.25) is 4.79 Å². The second-order valence-corrected chi connectivity index (χ2v) is 8.87. The fourth-order valence-electron chi connectivity index (χ4n) is 2.13. The minimum Gasteiger partial charge on any atom is -0.811 e. The Bertz CT molecular complexity index is 872. The van der Waals surface area contributed by atoms with E-state index in [1.165, 1.54) is 10.9 Å². The number of hydrogen-bond donors (Lipinski definition) is 1. The molecule has 0 aromatic carbocycles. The van der Waals surface area contributed by atoms with Gasteiger partial charge in [0.1, 0.15) is 0 Å². The third kappa shape index (κ3) is 7.24. The van der Waals surface area contributed by atoms with Crippen molar-refractivity contribution in [1.82, 2.24) is 19.5 Å². The smallest absolute Gasteiger partial charge is 0.278 e. The molecule has 1 N–H and O–H groups in total. The molecule has 0 aliphatic heterocycles. The molecule has 2 heterocycles. The summed E-state index contributed by atoms with van der Waals surface area (Å²) in [5.74, 6) is 0. The minimum atomic E-state index is -4.71. The highest BCUT2D eigenvalue weighted by Gasteiger charge is 2.17. The van der Waals surface area contributed by atoms with Gasteiger partial charge in [-0.05, 0) is 12.3 Å². The number of nitrogens with one attached hydrogen (secondary N) is 1. The van der Waals surface area contributed by atoms with Crippen molar-refractivity contribution in [3.05, 3.63) is 23.0 Å². The second-order valence-electron chi connectivity index (χ2n) is 5.53. The Morgan fingerprint density at radius 3 is 2.11 bits per heavy atom. The van der Waals surface area contributed by atoms with Crippen LogP contribution in [0.4, 0.5) is 0 Å². The van der Waals surface area contributed by atoms with Gasteiger partial charge in [-0.2, -0.15) is 0 Å². The normalized spacial score (nSPS) is 12.9. The maximum atomic E-state index is 11.7. The van der Waals surface area contributed by atoms with E-state index >= 15 is 0 Å². The summed E-state index contributed by atoms with van der Waals surface area (Å²) in [4.78, 5) is 64.6. The Morgan fingerprint density at radius 2 is 1.59 bits per heavy atom. The van der Waals surface area contributed by atoms with E-state index in [0.29, 0.717) is 0 Å². The maximum absolute atomic E-state index is 11.7. The number of nitrogens with zero attached hydrogens (tertiary/aromatic N) is 3. The lowest BCUT2D eigenvalue weighted by atomic mass is 10.3.